The SMILES string of the molecule is CCCCCCCCc1ccccc1OCCOS(=O)(=O)O.[Na+]. The minimum Gasteiger partial charge on any atom is -0.491 e. The first-order chi connectivity index (χ1) is 10.5. The number of para-hydroxylation sites is 1. The second-order valence-electron chi connectivity index (χ2n) is 5.22. The van der Waals surface area contributed by atoms with Gasteiger partial charge in [0.15, 0.2) is 0 Å². The zero-order valence-electron chi connectivity index (χ0n) is 14.2. The molecule has 1 N–H and O–H groups in total. The van der Waals surface area contributed by atoms with Gasteiger partial charge in [-0.1, -0.05) is 57.2 Å². The van der Waals surface area contributed by atoms with E-state index in [4.69, 9.17) is 9.29 Å². The van der Waals surface area contributed by atoms with Crippen LogP contribution in [0.15, 0.2) is 24.3 Å². The monoisotopic (exact) mass is 353 g/mol. The molecule has 0 aromatic heterocycles. The van der Waals surface area contributed by atoms with Gasteiger partial charge in [-0.15, -0.1) is 0 Å². The molecule has 7 heteroatoms. The van der Waals surface area contributed by atoms with Crippen molar-refractivity contribution in [2.45, 2.75) is 51.9 Å². The number of rotatable bonds is 12. The molecule has 1 aromatic carbocycles. The van der Waals surface area contributed by atoms with Gasteiger partial charge < -0.3 is 4.74 Å². The van der Waals surface area contributed by atoms with Crippen molar-refractivity contribution in [3.05, 3.63) is 29.8 Å². The van der Waals surface area contributed by atoms with Gasteiger partial charge in [-0.3, -0.25) is 4.55 Å². The molecule has 0 aliphatic carbocycles. The van der Waals surface area contributed by atoms with Crippen LogP contribution < -0.4 is 34.3 Å². The van der Waals surface area contributed by atoms with Gasteiger partial charge in [0.2, 0.25) is 0 Å². The van der Waals surface area contributed by atoms with Gasteiger partial charge in [-0.2, -0.15) is 8.42 Å². The maximum absolute atomic E-state index is 10.4. The molecule has 0 atom stereocenters. The van der Waals surface area contributed by atoms with Gasteiger partial charge in [0.05, 0.1) is 0 Å². The molecule has 0 aliphatic rings. The van der Waals surface area contributed by atoms with Crippen LogP contribution in [0.1, 0.15) is 51.0 Å². The summed E-state index contributed by atoms with van der Waals surface area (Å²) in [5.74, 6) is 0.745. The minimum absolute atomic E-state index is 0. The van der Waals surface area contributed by atoms with Crippen LogP contribution in [0.25, 0.3) is 0 Å². The summed E-state index contributed by atoms with van der Waals surface area (Å²) in [7, 11) is -4.39. The molecule has 0 saturated heterocycles. The van der Waals surface area contributed by atoms with Gasteiger partial charge >= 0.3 is 40.0 Å². The predicted octanol–water partition coefficient (Wildman–Crippen LogP) is 0.792. The zero-order chi connectivity index (χ0) is 16.3. The fourth-order valence-electron chi connectivity index (χ4n) is 2.24. The summed E-state index contributed by atoms with van der Waals surface area (Å²) < 4.78 is 39.1. The van der Waals surface area contributed by atoms with Crippen molar-refractivity contribution in [1.82, 2.24) is 0 Å². The molecular formula is C16H26NaO5S+. The van der Waals surface area contributed by atoms with Crippen molar-refractivity contribution in [3.8, 4) is 5.75 Å². The Bertz CT molecular complexity index is 519. The molecule has 1 aromatic rings. The standard InChI is InChI=1S/C16H26O5S.Na/c1-2-3-4-5-6-7-10-15-11-8-9-12-16(15)20-13-14-21-22(17,18)19;/h8-9,11-12H,2-7,10,13-14H2,1H3,(H,17,18,19);/q;+1. The Morgan fingerprint density at radius 2 is 1.65 bits per heavy atom. The van der Waals surface area contributed by atoms with E-state index in [1.807, 2.05) is 24.3 Å². The Labute approximate surface area is 162 Å². The first kappa shape index (κ1) is 22.9. The maximum Gasteiger partial charge on any atom is 1.00 e. The smallest absolute Gasteiger partial charge is 0.491 e. The number of hydrogen-bond acceptors (Lipinski definition) is 4. The van der Waals surface area contributed by atoms with E-state index in [0.29, 0.717) is 0 Å². The first-order valence-corrected chi connectivity index (χ1v) is 9.22. The number of hydrogen-bond donors (Lipinski definition) is 1. The van der Waals surface area contributed by atoms with Gasteiger partial charge in [-0.05, 0) is 24.5 Å². The average Bonchev–Trinajstić information content (AvgIpc) is 2.47. The van der Waals surface area contributed by atoms with E-state index < -0.39 is 10.4 Å². The molecule has 0 heterocycles. The molecule has 0 aliphatic heterocycles. The van der Waals surface area contributed by atoms with E-state index >= 15 is 0 Å². The molecule has 1 rings (SSSR count). The summed E-state index contributed by atoms with van der Waals surface area (Å²) in [5.41, 5.74) is 1.12. The number of aryl methyl sites for hydroxylation is 1. The molecule has 0 spiro atoms. The fraction of sp³-hybridized carbons (Fsp3) is 0.625. The van der Waals surface area contributed by atoms with Gasteiger partial charge in [-0.25, -0.2) is 4.18 Å². The van der Waals surface area contributed by atoms with E-state index in [1.54, 1.807) is 0 Å². The van der Waals surface area contributed by atoms with Crippen LogP contribution in [-0.2, 0) is 21.0 Å². The van der Waals surface area contributed by atoms with Crippen LogP contribution in [0.2, 0.25) is 0 Å². The van der Waals surface area contributed by atoms with Crippen LogP contribution in [-0.4, -0.2) is 26.2 Å². The molecular weight excluding hydrogens is 327 g/mol. The van der Waals surface area contributed by atoms with Gasteiger partial charge in [0, 0.05) is 0 Å². The summed E-state index contributed by atoms with van der Waals surface area (Å²) in [6.07, 6.45) is 8.38. The van der Waals surface area contributed by atoms with E-state index in [-0.39, 0.29) is 42.8 Å². The van der Waals surface area contributed by atoms with Crippen molar-refractivity contribution in [1.29, 1.82) is 0 Å². The second kappa shape index (κ2) is 13.2. The Morgan fingerprint density at radius 3 is 2.35 bits per heavy atom. The maximum atomic E-state index is 10.4. The molecule has 126 valence electrons. The van der Waals surface area contributed by atoms with Crippen LogP contribution in [0.3, 0.4) is 0 Å². The summed E-state index contributed by atoms with van der Waals surface area (Å²) in [4.78, 5) is 0. The van der Waals surface area contributed by atoms with Crippen LogP contribution in [0.5, 0.6) is 5.75 Å². The van der Waals surface area contributed by atoms with Crippen molar-refractivity contribution < 1.29 is 51.4 Å². The average molecular weight is 353 g/mol. The minimum atomic E-state index is -4.39. The van der Waals surface area contributed by atoms with Crippen molar-refractivity contribution in [2.24, 2.45) is 0 Å². The Kier molecular flexibility index (Phi) is 13.1. The molecule has 0 unspecified atom stereocenters. The Hall–Kier alpha value is -0.110. The molecule has 0 fully saturated rings. The van der Waals surface area contributed by atoms with Crippen molar-refractivity contribution in [3.63, 3.8) is 0 Å². The van der Waals surface area contributed by atoms with E-state index in [9.17, 15) is 8.42 Å². The van der Waals surface area contributed by atoms with Crippen molar-refractivity contribution >= 4 is 10.4 Å². The molecule has 5 nitrogen and oxygen atoms in total. The number of unbranched alkanes of at least 4 members (excludes halogenated alkanes) is 5. The quantitative estimate of drug-likeness (QED) is 0.342. The molecule has 0 bridgehead atoms. The molecule has 0 radical (unpaired) electrons. The van der Waals surface area contributed by atoms with Crippen LogP contribution >= 0.6 is 0 Å². The molecule has 23 heavy (non-hydrogen) atoms. The van der Waals surface area contributed by atoms with Crippen molar-refractivity contribution in [2.75, 3.05) is 13.2 Å². The normalized spacial score (nSPS) is 11.0. The van der Waals surface area contributed by atoms with E-state index in [0.717, 1.165) is 24.2 Å². The van der Waals surface area contributed by atoms with Crippen LogP contribution in [0, 0.1) is 0 Å². The summed E-state index contributed by atoms with van der Waals surface area (Å²) in [6.45, 7) is 2.08. The largest absolute Gasteiger partial charge is 1.00 e. The summed E-state index contributed by atoms with van der Waals surface area (Å²) >= 11 is 0. The Balaban J connectivity index is 0.00000484. The zero-order valence-corrected chi connectivity index (χ0v) is 17.0. The van der Waals surface area contributed by atoms with Gasteiger partial charge in [0.25, 0.3) is 0 Å². The third kappa shape index (κ3) is 12.0. The third-order valence-electron chi connectivity index (χ3n) is 3.35. The summed E-state index contributed by atoms with van der Waals surface area (Å²) in [5, 5.41) is 0. The second-order valence-corrected chi connectivity index (χ2v) is 6.31. The molecule has 0 saturated carbocycles. The topological polar surface area (TPSA) is 72.8 Å². The fourth-order valence-corrected chi connectivity index (χ4v) is 2.52. The number of benzene rings is 1. The first-order valence-electron chi connectivity index (χ1n) is 7.85. The van der Waals surface area contributed by atoms with E-state index in [2.05, 4.69) is 11.1 Å². The van der Waals surface area contributed by atoms with Gasteiger partial charge in [0.1, 0.15) is 19.0 Å². The Morgan fingerprint density at radius 1 is 1.00 bits per heavy atom. The predicted molar refractivity (Wildman–Crippen MR) is 86.5 cm³/mol. The van der Waals surface area contributed by atoms with E-state index in [1.165, 1.54) is 32.1 Å². The number of ether oxygens (including phenoxy) is 1. The van der Waals surface area contributed by atoms with Crippen LogP contribution in [0.4, 0.5) is 0 Å². The molecule has 0 amide bonds. The summed E-state index contributed by atoms with van der Waals surface area (Å²) in [6, 6.07) is 7.72. The third-order valence-corrected chi connectivity index (χ3v) is 3.81.